The highest BCUT2D eigenvalue weighted by atomic mass is 35.5. The van der Waals surface area contributed by atoms with Crippen molar-refractivity contribution in [1.29, 1.82) is 0 Å². The number of carbonyl (C=O) groups is 1. The van der Waals surface area contributed by atoms with E-state index in [0.29, 0.717) is 48.9 Å². The number of hydrogen-bond acceptors (Lipinski definition) is 6. The van der Waals surface area contributed by atoms with E-state index >= 15 is 0 Å². The van der Waals surface area contributed by atoms with Gasteiger partial charge >= 0.3 is 5.97 Å². The van der Waals surface area contributed by atoms with Gasteiger partial charge in [0.1, 0.15) is 5.75 Å². The molecule has 0 atom stereocenters. The SMILES string of the molecule is CCOC(=O)CCCCOc1cc(N)ccc1NS(=O)(=O)c1ccc(Cl)cc1. The molecule has 28 heavy (non-hydrogen) atoms. The van der Waals surface area contributed by atoms with Gasteiger partial charge in [-0.15, -0.1) is 0 Å². The first-order valence-electron chi connectivity index (χ1n) is 8.78. The first-order chi connectivity index (χ1) is 13.3. The minimum Gasteiger partial charge on any atom is -0.491 e. The molecule has 0 unspecified atom stereocenters. The Hall–Kier alpha value is -2.45. The molecule has 2 rings (SSSR count). The van der Waals surface area contributed by atoms with Crippen LogP contribution >= 0.6 is 11.6 Å². The highest BCUT2D eigenvalue weighted by Crippen LogP contribution is 2.29. The second-order valence-electron chi connectivity index (χ2n) is 5.93. The summed E-state index contributed by atoms with van der Waals surface area (Å²) < 4.78 is 38.2. The van der Waals surface area contributed by atoms with Gasteiger partial charge in [-0.1, -0.05) is 11.6 Å². The number of nitrogens with two attached hydrogens (primary N) is 1. The quantitative estimate of drug-likeness (QED) is 0.339. The van der Waals surface area contributed by atoms with Crippen molar-refractivity contribution in [2.24, 2.45) is 0 Å². The van der Waals surface area contributed by atoms with Crippen LogP contribution in [0, 0.1) is 0 Å². The van der Waals surface area contributed by atoms with E-state index in [1.54, 1.807) is 19.1 Å². The van der Waals surface area contributed by atoms with E-state index in [1.807, 2.05) is 0 Å². The summed E-state index contributed by atoms with van der Waals surface area (Å²) in [5, 5.41) is 0.443. The van der Waals surface area contributed by atoms with Gasteiger partial charge in [-0.2, -0.15) is 0 Å². The molecular weight excluding hydrogens is 404 g/mol. The molecule has 3 N–H and O–H groups in total. The molecule has 2 aromatic rings. The Morgan fingerprint density at radius 2 is 1.86 bits per heavy atom. The number of unbranched alkanes of at least 4 members (excludes halogenated alkanes) is 1. The summed E-state index contributed by atoms with van der Waals surface area (Å²) in [5.41, 5.74) is 6.50. The zero-order valence-electron chi connectivity index (χ0n) is 15.5. The van der Waals surface area contributed by atoms with Crippen LogP contribution in [0.1, 0.15) is 26.2 Å². The second kappa shape index (κ2) is 10.2. The Balaban J connectivity index is 2.01. The van der Waals surface area contributed by atoms with E-state index in [9.17, 15) is 13.2 Å². The van der Waals surface area contributed by atoms with Gasteiger partial charge in [0, 0.05) is 23.2 Å². The highest BCUT2D eigenvalue weighted by Gasteiger charge is 2.17. The van der Waals surface area contributed by atoms with Crippen LogP contribution in [-0.2, 0) is 19.6 Å². The Morgan fingerprint density at radius 1 is 1.14 bits per heavy atom. The fourth-order valence-electron chi connectivity index (χ4n) is 2.35. The average molecular weight is 427 g/mol. The molecule has 0 radical (unpaired) electrons. The van der Waals surface area contributed by atoms with E-state index in [0.717, 1.165) is 0 Å². The van der Waals surface area contributed by atoms with Crippen molar-refractivity contribution in [2.75, 3.05) is 23.7 Å². The van der Waals surface area contributed by atoms with Crippen LogP contribution < -0.4 is 15.2 Å². The predicted molar refractivity (Wildman–Crippen MR) is 109 cm³/mol. The molecule has 0 fully saturated rings. The van der Waals surface area contributed by atoms with Gasteiger partial charge < -0.3 is 15.2 Å². The average Bonchev–Trinajstić information content (AvgIpc) is 2.64. The standard InChI is InChI=1S/C19H23ClN2O5S/c1-2-26-19(23)5-3-4-12-27-18-13-15(21)8-11-17(18)22-28(24,25)16-9-6-14(20)7-10-16/h6-11,13,22H,2-5,12,21H2,1H3. The molecule has 0 spiro atoms. The van der Waals surface area contributed by atoms with Gasteiger partial charge in [-0.25, -0.2) is 8.42 Å². The third kappa shape index (κ3) is 6.61. The fraction of sp³-hybridized carbons (Fsp3) is 0.316. The van der Waals surface area contributed by atoms with Crippen molar-refractivity contribution in [3.63, 3.8) is 0 Å². The lowest BCUT2D eigenvalue weighted by Gasteiger charge is -2.14. The highest BCUT2D eigenvalue weighted by molar-refractivity contribution is 7.92. The lowest BCUT2D eigenvalue weighted by Crippen LogP contribution is -2.14. The van der Waals surface area contributed by atoms with Crippen LogP contribution in [0.25, 0.3) is 0 Å². The van der Waals surface area contributed by atoms with Gasteiger partial charge in [-0.05, 0) is 56.2 Å². The summed E-state index contributed by atoms with van der Waals surface area (Å²) in [5.74, 6) is 0.0662. The largest absolute Gasteiger partial charge is 0.491 e. The Morgan fingerprint density at radius 3 is 2.54 bits per heavy atom. The maximum atomic E-state index is 12.6. The molecule has 2 aromatic carbocycles. The van der Waals surface area contributed by atoms with Gasteiger partial charge in [0.25, 0.3) is 10.0 Å². The molecule has 0 aliphatic carbocycles. The molecule has 0 saturated carbocycles. The molecule has 152 valence electrons. The van der Waals surface area contributed by atoms with Gasteiger partial charge in [-0.3, -0.25) is 9.52 Å². The molecule has 7 nitrogen and oxygen atoms in total. The third-order valence-electron chi connectivity index (χ3n) is 3.71. The molecule has 0 bridgehead atoms. The molecule has 0 aliphatic rings. The third-order valence-corrected chi connectivity index (χ3v) is 5.35. The molecule has 0 heterocycles. The van der Waals surface area contributed by atoms with Gasteiger partial charge in [0.05, 0.1) is 23.8 Å². The summed E-state index contributed by atoms with van der Waals surface area (Å²) in [6.07, 6.45) is 1.52. The maximum Gasteiger partial charge on any atom is 0.305 e. The zero-order chi connectivity index (χ0) is 20.6. The van der Waals surface area contributed by atoms with Crippen LogP contribution in [0.15, 0.2) is 47.4 Å². The smallest absolute Gasteiger partial charge is 0.305 e. The van der Waals surface area contributed by atoms with Crippen LogP contribution in [0.3, 0.4) is 0 Å². The molecule has 0 aliphatic heterocycles. The minimum atomic E-state index is -3.81. The molecule has 9 heteroatoms. The second-order valence-corrected chi connectivity index (χ2v) is 8.04. The first-order valence-corrected chi connectivity index (χ1v) is 10.6. The number of rotatable bonds is 10. The monoisotopic (exact) mass is 426 g/mol. The lowest BCUT2D eigenvalue weighted by molar-refractivity contribution is -0.143. The van der Waals surface area contributed by atoms with E-state index < -0.39 is 10.0 Å². The number of hydrogen-bond donors (Lipinski definition) is 2. The van der Waals surface area contributed by atoms with E-state index in [2.05, 4.69) is 4.72 Å². The van der Waals surface area contributed by atoms with Crippen molar-refractivity contribution in [3.8, 4) is 5.75 Å². The normalized spacial score (nSPS) is 11.1. The fourth-order valence-corrected chi connectivity index (χ4v) is 3.54. The summed E-state index contributed by atoms with van der Waals surface area (Å²) >= 11 is 5.81. The molecular formula is C19H23ClN2O5S. The number of sulfonamides is 1. The van der Waals surface area contributed by atoms with Crippen molar-refractivity contribution >= 4 is 39.0 Å². The van der Waals surface area contributed by atoms with Crippen molar-refractivity contribution < 1.29 is 22.7 Å². The van der Waals surface area contributed by atoms with Crippen molar-refractivity contribution in [2.45, 2.75) is 31.1 Å². The molecule has 0 saturated heterocycles. The summed E-state index contributed by atoms with van der Waals surface area (Å²) in [6.45, 7) is 2.42. The Bertz CT molecular complexity index is 901. The van der Waals surface area contributed by atoms with Crippen LogP contribution in [0.4, 0.5) is 11.4 Å². The summed E-state index contributed by atoms with van der Waals surface area (Å²) in [6, 6.07) is 10.5. The Kier molecular flexibility index (Phi) is 7.95. The molecule has 0 aromatic heterocycles. The van der Waals surface area contributed by atoms with E-state index in [1.165, 1.54) is 30.3 Å². The van der Waals surface area contributed by atoms with Crippen LogP contribution in [0.5, 0.6) is 5.75 Å². The van der Waals surface area contributed by atoms with Crippen molar-refractivity contribution in [3.05, 3.63) is 47.5 Å². The number of anilines is 2. The number of nitrogens with one attached hydrogen (secondary N) is 1. The van der Waals surface area contributed by atoms with Gasteiger partial charge in [0.15, 0.2) is 0 Å². The number of carbonyl (C=O) groups excluding carboxylic acids is 1. The van der Waals surface area contributed by atoms with Crippen LogP contribution in [0.2, 0.25) is 5.02 Å². The first kappa shape index (κ1) is 21.8. The molecule has 0 amide bonds. The maximum absolute atomic E-state index is 12.6. The predicted octanol–water partition coefficient (Wildman–Crippen LogP) is 3.84. The minimum absolute atomic E-state index is 0.0779. The number of halogens is 1. The summed E-state index contributed by atoms with van der Waals surface area (Å²) in [4.78, 5) is 11.4. The number of nitrogen functional groups attached to an aromatic ring is 1. The zero-order valence-corrected chi connectivity index (χ0v) is 17.1. The number of ether oxygens (including phenoxy) is 2. The topological polar surface area (TPSA) is 108 Å². The van der Waals surface area contributed by atoms with E-state index in [-0.39, 0.29) is 16.6 Å². The van der Waals surface area contributed by atoms with Gasteiger partial charge in [0.2, 0.25) is 0 Å². The summed E-state index contributed by atoms with van der Waals surface area (Å²) in [7, 11) is -3.81. The number of benzene rings is 2. The Labute approximate surface area is 169 Å². The van der Waals surface area contributed by atoms with Crippen molar-refractivity contribution in [1.82, 2.24) is 0 Å². The lowest BCUT2D eigenvalue weighted by atomic mass is 10.2. The van der Waals surface area contributed by atoms with Crippen LogP contribution in [-0.4, -0.2) is 27.6 Å². The number of esters is 1. The van der Waals surface area contributed by atoms with E-state index in [4.69, 9.17) is 26.8 Å².